The van der Waals surface area contributed by atoms with Crippen LogP contribution < -0.4 is 10.6 Å². The maximum absolute atomic E-state index is 5.92. The summed E-state index contributed by atoms with van der Waals surface area (Å²) in [6.07, 6.45) is 3.88. The number of hydrogen-bond donors (Lipinski definition) is 1. The number of nitrogen functional groups attached to an aromatic ring is 1. The number of nitrogens with two attached hydrogens (primary N) is 1. The molecule has 0 aliphatic carbocycles. The van der Waals surface area contributed by atoms with Gasteiger partial charge in [0.25, 0.3) is 0 Å². The van der Waals surface area contributed by atoms with Crippen molar-refractivity contribution in [2.75, 3.05) is 17.7 Å². The fourth-order valence-electron chi connectivity index (χ4n) is 2.32. The Bertz CT molecular complexity index is 766. The first-order valence-electron chi connectivity index (χ1n) is 7.16. The Morgan fingerprint density at radius 3 is 2.70 bits per heavy atom. The molecule has 0 aliphatic heterocycles. The van der Waals surface area contributed by atoms with Crippen molar-refractivity contribution in [3.05, 3.63) is 65.1 Å². The highest BCUT2D eigenvalue weighted by molar-refractivity contribution is 6.29. The first kappa shape index (κ1) is 15.3. The number of rotatable bonds is 5. The predicted octanol–water partition coefficient (Wildman–Crippen LogP) is 2.59. The number of benzene rings is 1. The summed E-state index contributed by atoms with van der Waals surface area (Å²) in [6, 6.07) is 11.9. The number of aromatic nitrogens is 4. The maximum atomic E-state index is 5.92. The van der Waals surface area contributed by atoms with E-state index in [0.29, 0.717) is 17.5 Å². The number of nitrogens with zero attached hydrogens (tertiary/aromatic N) is 5. The van der Waals surface area contributed by atoms with Crippen LogP contribution in [0.3, 0.4) is 0 Å². The molecule has 7 heteroatoms. The SMILES string of the molecule is CN(Cc1cnn(Cc2ccccc2)c1)c1cc(Cl)nc(N)n1. The molecule has 0 bridgehead atoms. The molecule has 0 spiro atoms. The van der Waals surface area contributed by atoms with Gasteiger partial charge in [-0.15, -0.1) is 0 Å². The van der Waals surface area contributed by atoms with Crippen molar-refractivity contribution in [2.24, 2.45) is 0 Å². The third kappa shape index (κ3) is 3.98. The van der Waals surface area contributed by atoms with E-state index in [4.69, 9.17) is 17.3 Å². The molecule has 0 radical (unpaired) electrons. The highest BCUT2D eigenvalue weighted by Crippen LogP contribution is 2.17. The van der Waals surface area contributed by atoms with Gasteiger partial charge in [-0.1, -0.05) is 41.9 Å². The smallest absolute Gasteiger partial charge is 0.223 e. The van der Waals surface area contributed by atoms with E-state index in [1.807, 2.05) is 47.2 Å². The van der Waals surface area contributed by atoms with Crippen molar-refractivity contribution in [2.45, 2.75) is 13.1 Å². The standard InChI is InChI=1S/C16H17ClN6/c1-22(15-7-14(17)20-16(18)21-15)9-13-8-19-23(11-13)10-12-5-3-2-4-6-12/h2-8,11H,9-10H2,1H3,(H2,18,20,21). The van der Waals surface area contributed by atoms with E-state index in [0.717, 1.165) is 12.1 Å². The second-order valence-electron chi connectivity index (χ2n) is 5.29. The van der Waals surface area contributed by atoms with Crippen LogP contribution in [0.25, 0.3) is 0 Å². The van der Waals surface area contributed by atoms with Crippen molar-refractivity contribution >= 4 is 23.4 Å². The lowest BCUT2D eigenvalue weighted by Crippen LogP contribution is -2.18. The molecule has 3 aromatic rings. The van der Waals surface area contributed by atoms with Gasteiger partial charge < -0.3 is 10.6 Å². The summed E-state index contributed by atoms with van der Waals surface area (Å²) in [5.41, 5.74) is 7.92. The van der Waals surface area contributed by atoms with E-state index < -0.39 is 0 Å². The van der Waals surface area contributed by atoms with Crippen molar-refractivity contribution in [3.8, 4) is 0 Å². The Hall–Kier alpha value is -2.60. The largest absolute Gasteiger partial charge is 0.368 e. The van der Waals surface area contributed by atoms with E-state index in [-0.39, 0.29) is 5.95 Å². The minimum Gasteiger partial charge on any atom is -0.368 e. The number of halogens is 1. The van der Waals surface area contributed by atoms with Gasteiger partial charge in [-0.2, -0.15) is 10.1 Å². The van der Waals surface area contributed by atoms with E-state index in [1.54, 1.807) is 6.07 Å². The summed E-state index contributed by atoms with van der Waals surface area (Å²) in [5.74, 6) is 0.845. The molecule has 3 rings (SSSR count). The van der Waals surface area contributed by atoms with Gasteiger partial charge in [-0.05, 0) is 5.56 Å². The van der Waals surface area contributed by atoms with Gasteiger partial charge in [0.15, 0.2) is 0 Å². The fourth-order valence-corrected chi connectivity index (χ4v) is 2.50. The van der Waals surface area contributed by atoms with Crippen molar-refractivity contribution in [3.63, 3.8) is 0 Å². The van der Waals surface area contributed by atoms with E-state index in [2.05, 4.69) is 27.2 Å². The summed E-state index contributed by atoms with van der Waals surface area (Å²) >= 11 is 5.92. The summed E-state index contributed by atoms with van der Waals surface area (Å²) in [7, 11) is 1.92. The normalized spacial score (nSPS) is 10.7. The maximum Gasteiger partial charge on any atom is 0.223 e. The molecule has 2 heterocycles. The Kier molecular flexibility index (Phi) is 4.43. The second kappa shape index (κ2) is 6.66. The van der Waals surface area contributed by atoms with Gasteiger partial charge in [0.1, 0.15) is 11.0 Å². The first-order chi connectivity index (χ1) is 11.1. The zero-order chi connectivity index (χ0) is 16.2. The molecule has 0 saturated heterocycles. The van der Waals surface area contributed by atoms with Gasteiger partial charge in [0.05, 0.1) is 12.7 Å². The second-order valence-corrected chi connectivity index (χ2v) is 5.68. The van der Waals surface area contributed by atoms with E-state index in [9.17, 15) is 0 Å². The minimum atomic E-state index is 0.166. The average Bonchev–Trinajstić information content (AvgIpc) is 2.94. The molecule has 2 aromatic heterocycles. The third-order valence-electron chi connectivity index (χ3n) is 3.38. The van der Waals surface area contributed by atoms with Crippen LogP contribution in [0, 0.1) is 0 Å². The number of anilines is 2. The first-order valence-corrected chi connectivity index (χ1v) is 7.54. The molecule has 0 fully saturated rings. The van der Waals surface area contributed by atoms with Crippen LogP contribution in [0.2, 0.25) is 5.15 Å². The van der Waals surface area contributed by atoms with Gasteiger partial charge in [-0.25, -0.2) is 4.98 Å². The molecule has 0 atom stereocenters. The van der Waals surface area contributed by atoms with Crippen LogP contribution in [0.5, 0.6) is 0 Å². The zero-order valence-electron chi connectivity index (χ0n) is 12.7. The molecule has 0 aliphatic rings. The molecular formula is C16H17ClN6. The lowest BCUT2D eigenvalue weighted by atomic mass is 10.2. The van der Waals surface area contributed by atoms with E-state index in [1.165, 1.54) is 5.56 Å². The van der Waals surface area contributed by atoms with Gasteiger partial charge in [0.2, 0.25) is 5.95 Å². The molecule has 23 heavy (non-hydrogen) atoms. The average molecular weight is 329 g/mol. The van der Waals surface area contributed by atoms with Gasteiger partial charge in [-0.3, -0.25) is 4.68 Å². The Labute approximate surface area is 139 Å². The molecule has 1 aromatic carbocycles. The molecule has 6 nitrogen and oxygen atoms in total. The highest BCUT2D eigenvalue weighted by atomic mass is 35.5. The Balaban J connectivity index is 1.68. The van der Waals surface area contributed by atoms with Crippen LogP contribution >= 0.6 is 11.6 Å². The van der Waals surface area contributed by atoms with Crippen molar-refractivity contribution in [1.29, 1.82) is 0 Å². The van der Waals surface area contributed by atoms with Crippen LogP contribution in [-0.2, 0) is 13.1 Å². The topological polar surface area (TPSA) is 72.9 Å². The molecular weight excluding hydrogens is 312 g/mol. The van der Waals surface area contributed by atoms with Gasteiger partial charge in [0, 0.05) is 31.4 Å². The van der Waals surface area contributed by atoms with Crippen LogP contribution in [0.1, 0.15) is 11.1 Å². The highest BCUT2D eigenvalue weighted by Gasteiger charge is 2.08. The van der Waals surface area contributed by atoms with Crippen molar-refractivity contribution in [1.82, 2.24) is 19.7 Å². The van der Waals surface area contributed by atoms with E-state index >= 15 is 0 Å². The fraction of sp³-hybridized carbons (Fsp3) is 0.188. The molecule has 118 valence electrons. The lowest BCUT2D eigenvalue weighted by Gasteiger charge is -2.17. The quantitative estimate of drug-likeness (QED) is 0.729. The molecule has 2 N–H and O–H groups in total. The van der Waals surface area contributed by atoms with Crippen LogP contribution in [-0.4, -0.2) is 26.8 Å². The van der Waals surface area contributed by atoms with Crippen LogP contribution in [0.4, 0.5) is 11.8 Å². The minimum absolute atomic E-state index is 0.166. The molecule has 0 unspecified atom stereocenters. The number of hydrogen-bond acceptors (Lipinski definition) is 5. The Morgan fingerprint density at radius 2 is 1.96 bits per heavy atom. The molecule has 0 saturated carbocycles. The zero-order valence-corrected chi connectivity index (χ0v) is 13.5. The predicted molar refractivity (Wildman–Crippen MR) is 91.3 cm³/mol. The van der Waals surface area contributed by atoms with Gasteiger partial charge >= 0.3 is 0 Å². The Morgan fingerprint density at radius 1 is 1.17 bits per heavy atom. The summed E-state index contributed by atoms with van der Waals surface area (Å²) in [4.78, 5) is 10.0. The summed E-state index contributed by atoms with van der Waals surface area (Å²) in [5, 5.41) is 4.73. The summed E-state index contributed by atoms with van der Waals surface area (Å²) < 4.78 is 1.92. The van der Waals surface area contributed by atoms with Crippen molar-refractivity contribution < 1.29 is 0 Å². The monoisotopic (exact) mass is 328 g/mol. The lowest BCUT2D eigenvalue weighted by molar-refractivity contribution is 0.686. The van der Waals surface area contributed by atoms with Crippen LogP contribution in [0.15, 0.2) is 48.8 Å². The summed E-state index contributed by atoms with van der Waals surface area (Å²) in [6.45, 7) is 1.40. The molecule has 0 amide bonds. The third-order valence-corrected chi connectivity index (χ3v) is 3.58.